The van der Waals surface area contributed by atoms with Crippen molar-refractivity contribution in [1.29, 1.82) is 0 Å². The van der Waals surface area contributed by atoms with Gasteiger partial charge in [-0.1, -0.05) is 48.0 Å². The van der Waals surface area contributed by atoms with Crippen LogP contribution in [0.5, 0.6) is 0 Å². The number of benzene rings is 2. The number of hydrogen-bond donors (Lipinski definition) is 0. The summed E-state index contributed by atoms with van der Waals surface area (Å²) in [6.45, 7) is 0. The zero-order chi connectivity index (χ0) is 10.8. The van der Waals surface area contributed by atoms with Gasteiger partial charge in [-0.2, -0.15) is 0 Å². The van der Waals surface area contributed by atoms with Crippen LogP contribution in [0.25, 0.3) is 15.8 Å². The molecule has 0 aromatic heterocycles. The topological polar surface area (TPSA) is 0 Å². The van der Waals surface area contributed by atoms with Crippen LogP contribution >= 0.6 is 50.1 Å². The standard InChI is InChI=1S/C12H7BrClI/c13-12(15)11(14)10-6-5-8-3-1-2-4-9(8)7-10/h1-7H/b12-11+. The normalized spacial score (nSPS) is 12.7. The highest BCUT2D eigenvalue weighted by Crippen LogP contribution is 2.32. The number of fused-ring (bicyclic) bond motifs is 1. The first kappa shape index (κ1) is 11.4. The molecule has 0 spiro atoms. The Hall–Kier alpha value is -0.0600. The van der Waals surface area contributed by atoms with E-state index in [1.165, 1.54) is 10.8 Å². The molecule has 76 valence electrons. The first-order chi connectivity index (χ1) is 7.18. The summed E-state index contributed by atoms with van der Waals surface area (Å²) in [6.07, 6.45) is 0. The molecule has 0 N–H and O–H groups in total. The highest BCUT2D eigenvalue weighted by molar-refractivity contribution is 14.1. The van der Waals surface area contributed by atoms with E-state index in [0.29, 0.717) is 0 Å². The molecule has 0 aliphatic heterocycles. The van der Waals surface area contributed by atoms with Crippen LogP contribution in [0.3, 0.4) is 0 Å². The molecule has 0 atom stereocenters. The Kier molecular flexibility index (Phi) is 3.69. The Labute approximate surface area is 116 Å². The minimum atomic E-state index is 0.751. The molecule has 0 aliphatic carbocycles. The second-order valence-corrected chi connectivity index (χ2v) is 6.87. The van der Waals surface area contributed by atoms with Gasteiger partial charge in [0.1, 0.15) is 0 Å². The van der Waals surface area contributed by atoms with Crippen LogP contribution in [0.1, 0.15) is 5.56 Å². The van der Waals surface area contributed by atoms with Crippen molar-refractivity contribution < 1.29 is 0 Å². The molecule has 0 nitrogen and oxygen atoms in total. The van der Waals surface area contributed by atoms with E-state index in [2.05, 4.69) is 62.8 Å². The van der Waals surface area contributed by atoms with E-state index in [1.54, 1.807) is 0 Å². The Balaban J connectivity index is 2.62. The first-order valence-corrected chi connectivity index (χ1v) is 6.63. The maximum Gasteiger partial charge on any atom is 0.0751 e. The van der Waals surface area contributed by atoms with E-state index >= 15 is 0 Å². The van der Waals surface area contributed by atoms with Crippen LogP contribution in [0.4, 0.5) is 0 Å². The lowest BCUT2D eigenvalue weighted by atomic mass is 10.1. The second-order valence-electron chi connectivity index (χ2n) is 3.14. The van der Waals surface area contributed by atoms with Gasteiger partial charge in [0.15, 0.2) is 0 Å². The third-order valence-corrected chi connectivity index (χ3v) is 4.06. The highest BCUT2D eigenvalue weighted by Gasteiger charge is 2.02. The molecule has 0 saturated heterocycles. The van der Waals surface area contributed by atoms with E-state index < -0.39 is 0 Å². The summed E-state index contributed by atoms with van der Waals surface area (Å²) >= 11 is 11.7. The lowest BCUT2D eigenvalue weighted by Gasteiger charge is -2.02. The summed E-state index contributed by atoms with van der Waals surface area (Å²) in [5, 5.41) is 3.19. The summed E-state index contributed by atoms with van der Waals surface area (Å²) in [6, 6.07) is 14.5. The Morgan fingerprint density at radius 3 is 2.40 bits per heavy atom. The van der Waals surface area contributed by atoms with Crippen LogP contribution in [0.2, 0.25) is 0 Å². The van der Waals surface area contributed by atoms with E-state index in [-0.39, 0.29) is 0 Å². The Bertz CT molecular complexity index is 530. The van der Waals surface area contributed by atoms with Crippen molar-refractivity contribution in [3.05, 3.63) is 50.5 Å². The van der Waals surface area contributed by atoms with Gasteiger partial charge in [0.25, 0.3) is 0 Å². The fourth-order valence-electron chi connectivity index (χ4n) is 1.43. The average molecular weight is 393 g/mol. The van der Waals surface area contributed by atoms with Crippen molar-refractivity contribution >= 4 is 65.9 Å². The molecule has 0 amide bonds. The van der Waals surface area contributed by atoms with Gasteiger partial charge in [-0.25, -0.2) is 0 Å². The molecule has 0 saturated carbocycles. The molecule has 2 rings (SSSR count). The Morgan fingerprint density at radius 1 is 1.07 bits per heavy atom. The first-order valence-electron chi connectivity index (χ1n) is 4.38. The minimum Gasteiger partial charge on any atom is -0.0819 e. The summed E-state index contributed by atoms with van der Waals surface area (Å²) in [5.41, 5.74) is 1.04. The zero-order valence-corrected chi connectivity index (χ0v) is 12.2. The maximum atomic E-state index is 6.17. The number of halogens is 3. The van der Waals surface area contributed by atoms with Gasteiger partial charge in [0, 0.05) is 0 Å². The largest absolute Gasteiger partial charge is 0.0819 e. The highest BCUT2D eigenvalue weighted by atomic mass is 127. The molecular formula is C12H7BrClI. The van der Waals surface area contributed by atoms with E-state index in [1.807, 2.05) is 18.2 Å². The van der Waals surface area contributed by atoms with E-state index in [0.717, 1.165) is 13.1 Å². The molecule has 2 aromatic rings. The molecule has 0 unspecified atom stereocenters. The fourth-order valence-corrected chi connectivity index (χ4v) is 2.09. The van der Waals surface area contributed by atoms with E-state index in [4.69, 9.17) is 11.6 Å². The van der Waals surface area contributed by atoms with Gasteiger partial charge in [-0.3, -0.25) is 0 Å². The lowest BCUT2D eigenvalue weighted by Crippen LogP contribution is -1.78. The predicted octanol–water partition coefficient (Wildman–Crippen LogP) is 5.53. The van der Waals surface area contributed by atoms with Crippen LogP contribution in [0, 0.1) is 0 Å². The predicted molar refractivity (Wildman–Crippen MR) is 79.7 cm³/mol. The van der Waals surface area contributed by atoms with Crippen molar-refractivity contribution in [3.63, 3.8) is 0 Å². The SMILES string of the molecule is Cl/C(=C(\Br)I)c1ccc2ccccc2c1. The van der Waals surface area contributed by atoms with Crippen molar-refractivity contribution in [2.45, 2.75) is 0 Å². The van der Waals surface area contributed by atoms with Gasteiger partial charge in [-0.15, -0.1) is 0 Å². The fraction of sp³-hybridized carbons (Fsp3) is 0. The zero-order valence-electron chi connectivity index (χ0n) is 7.68. The van der Waals surface area contributed by atoms with Gasteiger partial charge >= 0.3 is 0 Å². The molecule has 0 radical (unpaired) electrons. The molecule has 15 heavy (non-hydrogen) atoms. The van der Waals surface area contributed by atoms with E-state index in [9.17, 15) is 0 Å². The quantitative estimate of drug-likeness (QED) is 0.559. The van der Waals surface area contributed by atoms with Gasteiger partial charge in [-0.05, 0) is 60.9 Å². The maximum absolute atomic E-state index is 6.17. The summed E-state index contributed by atoms with van der Waals surface area (Å²) < 4.78 is 0.928. The smallest absolute Gasteiger partial charge is 0.0751 e. The van der Waals surface area contributed by atoms with Crippen molar-refractivity contribution in [2.75, 3.05) is 0 Å². The molecule has 0 fully saturated rings. The van der Waals surface area contributed by atoms with Crippen LogP contribution in [-0.2, 0) is 0 Å². The molecule has 0 aliphatic rings. The molecular weight excluding hydrogens is 386 g/mol. The van der Waals surface area contributed by atoms with Gasteiger partial charge < -0.3 is 0 Å². The van der Waals surface area contributed by atoms with Crippen LogP contribution < -0.4 is 0 Å². The lowest BCUT2D eigenvalue weighted by molar-refractivity contribution is 1.70. The molecule has 0 heterocycles. The van der Waals surface area contributed by atoms with Gasteiger partial charge in [0.05, 0.1) is 7.52 Å². The monoisotopic (exact) mass is 392 g/mol. The van der Waals surface area contributed by atoms with Crippen LogP contribution in [0.15, 0.2) is 45.0 Å². The molecule has 3 heteroatoms. The second kappa shape index (κ2) is 4.85. The Morgan fingerprint density at radius 2 is 1.73 bits per heavy atom. The van der Waals surface area contributed by atoms with Crippen molar-refractivity contribution in [3.8, 4) is 0 Å². The number of rotatable bonds is 1. The minimum absolute atomic E-state index is 0.751. The van der Waals surface area contributed by atoms with Crippen molar-refractivity contribution in [2.24, 2.45) is 0 Å². The molecule has 0 bridgehead atoms. The summed E-state index contributed by atoms with van der Waals surface area (Å²) in [7, 11) is 0. The number of hydrogen-bond acceptors (Lipinski definition) is 0. The van der Waals surface area contributed by atoms with Crippen molar-refractivity contribution in [1.82, 2.24) is 0 Å². The summed E-state index contributed by atoms with van der Waals surface area (Å²) in [4.78, 5) is 0. The molecule has 2 aromatic carbocycles. The van der Waals surface area contributed by atoms with Gasteiger partial charge in [0.2, 0.25) is 0 Å². The average Bonchev–Trinajstić information content (AvgIpc) is 2.27. The van der Waals surface area contributed by atoms with Crippen LogP contribution in [-0.4, -0.2) is 0 Å². The summed E-state index contributed by atoms with van der Waals surface area (Å²) in [5.74, 6) is 0. The third-order valence-electron chi connectivity index (χ3n) is 2.17. The third kappa shape index (κ3) is 2.55.